The standard InChI is InChI=1S/C48H90F2NO13P/c1-4-7-10-13-16-19-20-23-26-29-32-35-41(54)61-38(33-30-27-24-21-17-14-11-8-5-2)36-42(55)63-45-43(46(56)62-39(37-52)44(45)64-65(58,59)60)51-47(57)48(49,50)40(53)34-31-28-25-22-18-15-12-9-6-3/h38-40,43-46,52-53,56H,4-37H2,1-3H3,(H,51,57)(H2,58,59,60)/t38-,39-,40-,43-,44-,45-,46?/m1/s1. The summed E-state index contributed by atoms with van der Waals surface area (Å²) in [6.45, 7) is 5.46. The summed E-state index contributed by atoms with van der Waals surface area (Å²) in [5.41, 5.74) is 0. The van der Waals surface area contributed by atoms with Crippen LogP contribution < -0.4 is 5.32 Å². The Hall–Kier alpha value is -1.78. The molecule has 1 heterocycles. The number of phosphoric acid groups is 1. The molecule has 1 amide bonds. The molecule has 1 rings (SSSR count). The van der Waals surface area contributed by atoms with Crippen molar-refractivity contribution in [3.63, 3.8) is 0 Å². The molecule has 1 aliphatic rings. The number of aliphatic hydroxyl groups excluding tert-OH is 3. The van der Waals surface area contributed by atoms with Gasteiger partial charge in [0.2, 0.25) is 0 Å². The van der Waals surface area contributed by atoms with Crippen LogP contribution in [0.4, 0.5) is 8.78 Å². The van der Waals surface area contributed by atoms with Crippen molar-refractivity contribution in [2.75, 3.05) is 6.61 Å². The van der Waals surface area contributed by atoms with Gasteiger partial charge < -0.3 is 44.6 Å². The first kappa shape index (κ1) is 61.2. The molecule has 7 atom stereocenters. The number of carbonyl (C=O) groups is 3. The predicted molar refractivity (Wildman–Crippen MR) is 247 cm³/mol. The zero-order chi connectivity index (χ0) is 48.4. The minimum atomic E-state index is -5.46. The van der Waals surface area contributed by atoms with Gasteiger partial charge in [0.15, 0.2) is 12.4 Å². The van der Waals surface area contributed by atoms with Gasteiger partial charge in [-0.1, -0.05) is 194 Å². The van der Waals surface area contributed by atoms with E-state index in [1.54, 1.807) is 0 Å². The van der Waals surface area contributed by atoms with E-state index in [0.717, 1.165) is 109 Å². The highest BCUT2D eigenvalue weighted by atomic mass is 31.2. The van der Waals surface area contributed by atoms with Gasteiger partial charge in [-0.05, 0) is 25.7 Å². The molecule has 0 aromatic heterocycles. The van der Waals surface area contributed by atoms with E-state index < -0.39 is 93.9 Å². The Balaban J connectivity index is 3.05. The molecule has 6 N–H and O–H groups in total. The monoisotopic (exact) mass is 958 g/mol. The van der Waals surface area contributed by atoms with Crippen molar-refractivity contribution < 1.29 is 71.6 Å². The first-order valence-corrected chi connectivity index (χ1v) is 27.1. The number of amides is 1. The van der Waals surface area contributed by atoms with E-state index in [9.17, 15) is 44.1 Å². The molecule has 17 heteroatoms. The van der Waals surface area contributed by atoms with Gasteiger partial charge in [-0.2, -0.15) is 8.78 Å². The first-order chi connectivity index (χ1) is 31.1. The normalized spacial score (nSPS) is 20.1. The number of phosphoric ester groups is 1. The van der Waals surface area contributed by atoms with Gasteiger partial charge in [-0.15, -0.1) is 0 Å². The number of ether oxygens (including phenoxy) is 3. The number of nitrogens with one attached hydrogen (secondary N) is 1. The fourth-order valence-corrected chi connectivity index (χ4v) is 8.90. The molecule has 0 bridgehead atoms. The molecule has 1 aliphatic heterocycles. The minimum Gasteiger partial charge on any atom is -0.462 e. The number of hydrogen-bond acceptors (Lipinski definition) is 11. The summed E-state index contributed by atoms with van der Waals surface area (Å²) in [6, 6.07) is -2.10. The average molecular weight is 958 g/mol. The van der Waals surface area contributed by atoms with Crippen LogP contribution in [0.3, 0.4) is 0 Å². The van der Waals surface area contributed by atoms with Crippen LogP contribution >= 0.6 is 7.82 Å². The first-order valence-electron chi connectivity index (χ1n) is 25.5. The molecule has 0 saturated carbocycles. The second-order valence-corrected chi connectivity index (χ2v) is 19.4. The quantitative estimate of drug-likeness (QED) is 0.0191. The minimum absolute atomic E-state index is 0.135. The molecule has 1 fully saturated rings. The van der Waals surface area contributed by atoms with Gasteiger partial charge in [0.25, 0.3) is 5.91 Å². The highest BCUT2D eigenvalue weighted by molar-refractivity contribution is 7.46. The van der Waals surface area contributed by atoms with Crippen molar-refractivity contribution >= 4 is 25.7 Å². The highest BCUT2D eigenvalue weighted by Gasteiger charge is 2.54. The lowest BCUT2D eigenvalue weighted by Gasteiger charge is -2.44. The van der Waals surface area contributed by atoms with Gasteiger partial charge in [-0.25, -0.2) is 4.57 Å². The molecule has 65 heavy (non-hydrogen) atoms. The van der Waals surface area contributed by atoms with Gasteiger partial charge in [0, 0.05) is 6.42 Å². The lowest BCUT2D eigenvalue weighted by Crippen LogP contribution is -2.67. The zero-order valence-electron chi connectivity index (χ0n) is 40.3. The highest BCUT2D eigenvalue weighted by Crippen LogP contribution is 2.42. The Bertz CT molecular complexity index is 1280. The lowest BCUT2D eigenvalue weighted by atomic mass is 9.95. The van der Waals surface area contributed by atoms with Crippen molar-refractivity contribution in [3.8, 4) is 0 Å². The molecule has 14 nitrogen and oxygen atoms in total. The molecule has 0 spiro atoms. The van der Waals surface area contributed by atoms with Crippen LogP contribution in [-0.2, 0) is 37.7 Å². The number of carbonyl (C=O) groups excluding carboxylic acids is 3. The number of halogens is 2. The fourth-order valence-electron chi connectivity index (χ4n) is 8.32. The molecule has 1 unspecified atom stereocenters. The third-order valence-electron chi connectivity index (χ3n) is 12.3. The van der Waals surface area contributed by atoms with Gasteiger partial charge in [0.05, 0.1) is 13.0 Å². The number of hydrogen-bond donors (Lipinski definition) is 6. The Morgan fingerprint density at radius 2 is 1.06 bits per heavy atom. The summed E-state index contributed by atoms with van der Waals surface area (Å²) in [5, 5.41) is 33.2. The van der Waals surface area contributed by atoms with Crippen molar-refractivity contribution in [2.24, 2.45) is 0 Å². The maximum atomic E-state index is 15.4. The van der Waals surface area contributed by atoms with E-state index in [2.05, 4.69) is 20.8 Å². The summed E-state index contributed by atoms with van der Waals surface area (Å²) < 4.78 is 64.3. The van der Waals surface area contributed by atoms with Crippen LogP contribution in [0.1, 0.15) is 233 Å². The second kappa shape index (κ2) is 37.2. The van der Waals surface area contributed by atoms with Crippen molar-refractivity contribution in [2.45, 2.75) is 281 Å². The Morgan fingerprint density at radius 1 is 0.646 bits per heavy atom. The molecule has 1 saturated heterocycles. The molecule has 0 aromatic carbocycles. The second-order valence-electron chi connectivity index (χ2n) is 18.2. The maximum absolute atomic E-state index is 15.4. The summed E-state index contributed by atoms with van der Waals surface area (Å²) >= 11 is 0. The van der Waals surface area contributed by atoms with Crippen LogP contribution in [0, 0.1) is 0 Å². The summed E-state index contributed by atoms with van der Waals surface area (Å²) in [5.74, 6) is -8.08. The van der Waals surface area contributed by atoms with Crippen molar-refractivity contribution in [1.82, 2.24) is 5.32 Å². The number of aliphatic hydroxyl groups is 3. The van der Waals surface area contributed by atoms with Crippen molar-refractivity contribution in [1.29, 1.82) is 0 Å². The van der Waals surface area contributed by atoms with E-state index in [-0.39, 0.29) is 19.3 Å². The van der Waals surface area contributed by atoms with Crippen LogP contribution in [0.2, 0.25) is 0 Å². The Morgan fingerprint density at radius 3 is 1.49 bits per heavy atom. The van der Waals surface area contributed by atoms with E-state index in [1.165, 1.54) is 51.4 Å². The van der Waals surface area contributed by atoms with Gasteiger partial charge >= 0.3 is 25.7 Å². The third-order valence-corrected chi connectivity index (χ3v) is 12.8. The predicted octanol–water partition coefficient (Wildman–Crippen LogP) is 10.4. The summed E-state index contributed by atoms with van der Waals surface area (Å²) in [6.07, 6.45) is 17.3. The summed E-state index contributed by atoms with van der Waals surface area (Å²) in [4.78, 5) is 59.3. The van der Waals surface area contributed by atoms with E-state index in [1.807, 2.05) is 5.32 Å². The number of alkyl halides is 2. The van der Waals surface area contributed by atoms with E-state index in [0.29, 0.717) is 19.3 Å². The van der Waals surface area contributed by atoms with Crippen LogP contribution in [-0.4, -0.2) is 98.3 Å². The Labute approximate surface area is 389 Å². The van der Waals surface area contributed by atoms with E-state index in [4.69, 9.17) is 18.7 Å². The van der Waals surface area contributed by atoms with Gasteiger partial charge in [0.1, 0.15) is 30.5 Å². The fraction of sp³-hybridized carbons (Fsp3) is 0.938. The number of esters is 2. The lowest BCUT2D eigenvalue weighted by molar-refractivity contribution is -0.257. The molecule has 0 radical (unpaired) electrons. The van der Waals surface area contributed by atoms with Crippen molar-refractivity contribution in [3.05, 3.63) is 0 Å². The maximum Gasteiger partial charge on any atom is 0.470 e. The third kappa shape index (κ3) is 29.0. The SMILES string of the molecule is CCCCCCCCCCCCCC(=O)O[C@H](CCCCCCCCCCC)CC(=O)O[C@H]1[C@H](OP(=O)(O)O)[C@@H](CO)OC(O)[C@@H]1NC(=O)C(F)(F)[C@H](O)CCCCCCCCCCC. The average Bonchev–Trinajstić information content (AvgIpc) is 3.25. The van der Waals surface area contributed by atoms with Crippen LogP contribution in [0.25, 0.3) is 0 Å². The summed E-state index contributed by atoms with van der Waals surface area (Å²) in [7, 11) is -5.46. The largest absolute Gasteiger partial charge is 0.470 e. The topological polar surface area (TPSA) is 218 Å². The number of rotatable bonds is 42. The smallest absolute Gasteiger partial charge is 0.462 e. The molecule has 0 aliphatic carbocycles. The Kier molecular flexibility index (Phi) is 35.0. The number of unbranched alkanes of at least 4 members (excludes halogenated alkanes) is 26. The van der Waals surface area contributed by atoms with Gasteiger partial charge in [-0.3, -0.25) is 18.9 Å². The van der Waals surface area contributed by atoms with Crippen LogP contribution in [0.5, 0.6) is 0 Å². The molecular formula is C48H90F2NO13P. The zero-order valence-corrected chi connectivity index (χ0v) is 41.2. The molecule has 384 valence electrons. The molecule has 0 aromatic rings. The van der Waals surface area contributed by atoms with E-state index >= 15 is 8.78 Å². The molecular weight excluding hydrogens is 867 g/mol. The van der Waals surface area contributed by atoms with Crippen LogP contribution in [0.15, 0.2) is 0 Å².